The molecular formula is C23H22F3N3O. The highest BCUT2D eigenvalue weighted by molar-refractivity contribution is 6.00. The highest BCUT2D eigenvalue weighted by Crippen LogP contribution is 2.33. The number of benzene rings is 2. The van der Waals surface area contributed by atoms with Crippen LogP contribution in [0, 0.1) is 5.92 Å². The molecule has 0 aliphatic carbocycles. The molecule has 4 rings (SSSR count). The lowest BCUT2D eigenvalue weighted by Crippen LogP contribution is -2.53. The van der Waals surface area contributed by atoms with Crippen molar-refractivity contribution in [2.75, 3.05) is 20.1 Å². The number of amides is 1. The van der Waals surface area contributed by atoms with Crippen molar-refractivity contribution in [2.45, 2.75) is 19.1 Å². The number of fused-ring (bicyclic) bond motifs is 1. The van der Waals surface area contributed by atoms with Gasteiger partial charge in [0.15, 0.2) is 0 Å². The first kappa shape index (κ1) is 20.3. The summed E-state index contributed by atoms with van der Waals surface area (Å²) in [5.41, 5.74) is 1.78. The number of para-hydroxylation sites is 1. The average molecular weight is 413 g/mol. The van der Waals surface area contributed by atoms with Crippen molar-refractivity contribution in [3.8, 4) is 11.1 Å². The van der Waals surface area contributed by atoms with Gasteiger partial charge in [-0.05, 0) is 37.7 Å². The van der Waals surface area contributed by atoms with E-state index in [1.165, 1.54) is 18.3 Å². The fraction of sp³-hybridized carbons (Fsp3) is 0.304. The number of halogens is 3. The molecule has 2 heterocycles. The van der Waals surface area contributed by atoms with Crippen molar-refractivity contribution in [1.29, 1.82) is 0 Å². The lowest BCUT2D eigenvalue weighted by molar-refractivity contribution is -0.137. The van der Waals surface area contributed by atoms with Gasteiger partial charge in [-0.15, -0.1) is 0 Å². The number of hydrogen-bond donors (Lipinski definition) is 1. The molecule has 30 heavy (non-hydrogen) atoms. The minimum Gasteiger partial charge on any atom is -0.349 e. The molecule has 1 aromatic heterocycles. The number of carbonyl (C=O) groups is 1. The van der Waals surface area contributed by atoms with Crippen molar-refractivity contribution in [2.24, 2.45) is 5.92 Å². The van der Waals surface area contributed by atoms with Crippen molar-refractivity contribution >= 4 is 16.8 Å². The van der Waals surface area contributed by atoms with Crippen molar-refractivity contribution in [3.05, 3.63) is 65.9 Å². The van der Waals surface area contributed by atoms with Crippen LogP contribution in [0.5, 0.6) is 0 Å². The molecule has 3 aromatic rings. The third kappa shape index (κ3) is 4.03. The highest BCUT2D eigenvalue weighted by atomic mass is 19.4. The van der Waals surface area contributed by atoms with Crippen LogP contribution < -0.4 is 5.32 Å². The zero-order valence-corrected chi connectivity index (χ0v) is 16.7. The number of nitrogens with zero attached hydrogens (tertiary/aromatic N) is 2. The highest BCUT2D eigenvalue weighted by Gasteiger charge is 2.30. The summed E-state index contributed by atoms with van der Waals surface area (Å²) in [6, 6.07) is 12.3. The second-order valence-electron chi connectivity index (χ2n) is 7.92. The molecule has 0 bridgehead atoms. The Morgan fingerprint density at radius 2 is 1.87 bits per heavy atom. The molecule has 1 N–H and O–H groups in total. The van der Waals surface area contributed by atoms with Gasteiger partial charge in [0.2, 0.25) is 0 Å². The first-order valence-corrected chi connectivity index (χ1v) is 9.78. The average Bonchev–Trinajstić information content (AvgIpc) is 2.70. The van der Waals surface area contributed by atoms with E-state index in [1.807, 2.05) is 32.2 Å². The summed E-state index contributed by atoms with van der Waals surface area (Å²) in [5.74, 6) is 0.269. The summed E-state index contributed by atoms with van der Waals surface area (Å²) in [6.45, 7) is 3.94. The van der Waals surface area contributed by atoms with Crippen molar-refractivity contribution in [1.82, 2.24) is 15.2 Å². The summed E-state index contributed by atoms with van der Waals surface area (Å²) >= 11 is 0. The van der Waals surface area contributed by atoms with E-state index in [1.54, 1.807) is 6.07 Å². The molecular weight excluding hydrogens is 391 g/mol. The summed E-state index contributed by atoms with van der Waals surface area (Å²) < 4.78 is 38.5. The second kappa shape index (κ2) is 7.72. The molecule has 1 aliphatic heterocycles. The molecule has 7 heteroatoms. The molecule has 1 unspecified atom stereocenters. The summed E-state index contributed by atoms with van der Waals surface area (Å²) in [5, 5.41) is 3.80. The molecule has 0 radical (unpaired) electrons. The number of alkyl halides is 3. The zero-order valence-electron chi connectivity index (χ0n) is 16.7. The third-order valence-electron chi connectivity index (χ3n) is 5.65. The van der Waals surface area contributed by atoms with Crippen LogP contribution in [0.4, 0.5) is 13.2 Å². The number of aromatic nitrogens is 1. The van der Waals surface area contributed by atoms with Gasteiger partial charge in [-0.25, -0.2) is 0 Å². The van der Waals surface area contributed by atoms with Gasteiger partial charge in [0.05, 0.1) is 16.6 Å². The minimum absolute atomic E-state index is 0.0721. The third-order valence-corrected chi connectivity index (χ3v) is 5.65. The molecule has 1 aliphatic rings. The smallest absolute Gasteiger partial charge is 0.349 e. The number of rotatable bonds is 4. The maximum absolute atomic E-state index is 12.8. The quantitative estimate of drug-likeness (QED) is 0.680. The van der Waals surface area contributed by atoms with Gasteiger partial charge < -0.3 is 10.2 Å². The number of carbonyl (C=O) groups excluding carboxylic acids is 1. The Morgan fingerprint density at radius 3 is 2.50 bits per heavy atom. The first-order chi connectivity index (χ1) is 14.2. The van der Waals surface area contributed by atoms with E-state index in [9.17, 15) is 18.0 Å². The Balaban J connectivity index is 1.58. The van der Waals surface area contributed by atoms with Crippen molar-refractivity contribution < 1.29 is 18.0 Å². The van der Waals surface area contributed by atoms with Crippen LogP contribution in [0.1, 0.15) is 22.8 Å². The van der Waals surface area contributed by atoms with Crippen LogP contribution in [0.15, 0.2) is 54.7 Å². The van der Waals surface area contributed by atoms with Gasteiger partial charge >= 0.3 is 6.18 Å². The molecule has 1 fully saturated rings. The standard InChI is InChI=1S/C23H22F3N3O/c1-14(18-12-29(2)13-18)28-22(30)17-10-16-4-3-5-20(21(16)27-11-17)15-6-8-19(9-7-15)23(24,25)26/h3-11,14,18H,12-13H2,1-2H3,(H,28,30). The van der Waals surface area contributed by atoms with Crippen molar-refractivity contribution in [3.63, 3.8) is 0 Å². The maximum Gasteiger partial charge on any atom is 0.416 e. The zero-order chi connectivity index (χ0) is 21.5. The Labute approximate surface area is 172 Å². The topological polar surface area (TPSA) is 45.2 Å². The van der Waals surface area contributed by atoms with E-state index in [4.69, 9.17) is 0 Å². The van der Waals surface area contributed by atoms with Crippen LogP contribution in [-0.4, -0.2) is 42.0 Å². The van der Waals surface area contributed by atoms with Gasteiger partial charge in [-0.3, -0.25) is 9.78 Å². The fourth-order valence-corrected chi connectivity index (χ4v) is 3.83. The molecule has 2 aromatic carbocycles. The maximum atomic E-state index is 12.8. The van der Waals surface area contributed by atoms with E-state index < -0.39 is 11.7 Å². The Morgan fingerprint density at radius 1 is 1.17 bits per heavy atom. The normalized spacial score (nSPS) is 16.3. The van der Waals surface area contributed by atoms with E-state index in [0.717, 1.165) is 36.2 Å². The Kier molecular flexibility index (Phi) is 5.24. The van der Waals surface area contributed by atoms with E-state index in [-0.39, 0.29) is 11.9 Å². The van der Waals surface area contributed by atoms with Crippen LogP contribution in [-0.2, 0) is 6.18 Å². The molecule has 4 nitrogen and oxygen atoms in total. The largest absolute Gasteiger partial charge is 0.416 e. The number of nitrogens with one attached hydrogen (secondary N) is 1. The Bertz CT molecular complexity index is 1070. The predicted molar refractivity (Wildman–Crippen MR) is 110 cm³/mol. The fourth-order valence-electron chi connectivity index (χ4n) is 3.83. The second-order valence-corrected chi connectivity index (χ2v) is 7.92. The van der Waals surface area contributed by atoms with Gasteiger partial charge in [0, 0.05) is 42.2 Å². The Hall–Kier alpha value is -2.93. The lowest BCUT2D eigenvalue weighted by atomic mass is 9.93. The molecule has 0 spiro atoms. The SMILES string of the molecule is CC(NC(=O)c1cnc2c(-c3ccc(C(F)(F)F)cc3)cccc2c1)C1CN(C)C1. The minimum atomic E-state index is -4.37. The molecule has 1 saturated heterocycles. The van der Waals surface area contributed by atoms with Crippen LogP contribution in [0.2, 0.25) is 0 Å². The molecule has 156 valence electrons. The lowest BCUT2D eigenvalue weighted by Gasteiger charge is -2.40. The predicted octanol–water partition coefficient (Wildman–Crippen LogP) is 4.60. The van der Waals surface area contributed by atoms with Gasteiger partial charge in [0.1, 0.15) is 0 Å². The monoisotopic (exact) mass is 413 g/mol. The van der Waals surface area contributed by atoms with Crippen LogP contribution in [0.25, 0.3) is 22.0 Å². The summed E-state index contributed by atoms with van der Waals surface area (Å²) in [4.78, 5) is 19.3. The van der Waals surface area contributed by atoms with E-state index >= 15 is 0 Å². The number of pyridine rings is 1. The summed E-state index contributed by atoms with van der Waals surface area (Å²) in [6.07, 6.45) is -2.85. The molecule has 1 atom stereocenters. The van der Waals surface area contributed by atoms with Gasteiger partial charge in [-0.2, -0.15) is 13.2 Å². The number of likely N-dealkylation sites (tertiary alicyclic amines) is 1. The molecule has 1 amide bonds. The van der Waals surface area contributed by atoms with Gasteiger partial charge in [-0.1, -0.05) is 30.3 Å². The van der Waals surface area contributed by atoms with E-state index in [2.05, 4.69) is 15.2 Å². The van der Waals surface area contributed by atoms with Crippen LogP contribution >= 0.6 is 0 Å². The molecule has 0 saturated carbocycles. The first-order valence-electron chi connectivity index (χ1n) is 9.78. The van der Waals surface area contributed by atoms with Gasteiger partial charge in [0.25, 0.3) is 5.91 Å². The van der Waals surface area contributed by atoms with E-state index in [0.29, 0.717) is 22.6 Å². The van der Waals surface area contributed by atoms with Crippen LogP contribution in [0.3, 0.4) is 0 Å². The number of hydrogen-bond acceptors (Lipinski definition) is 3. The summed E-state index contributed by atoms with van der Waals surface area (Å²) in [7, 11) is 2.05.